The Hall–Kier alpha value is -0.310. The lowest BCUT2D eigenvalue weighted by Crippen LogP contribution is -2.36. The van der Waals surface area contributed by atoms with Crippen molar-refractivity contribution in [1.29, 1.82) is 0 Å². The first-order valence-electron chi connectivity index (χ1n) is 6.16. The molecule has 1 aliphatic rings. The van der Waals surface area contributed by atoms with Gasteiger partial charge in [0.05, 0.1) is 6.61 Å². The average molecular weight is 291 g/mol. The monoisotopic (exact) mass is 290 g/mol. The quantitative estimate of drug-likeness (QED) is 0.691. The van der Waals surface area contributed by atoms with Crippen LogP contribution in [-0.4, -0.2) is 25.0 Å². The van der Waals surface area contributed by atoms with Gasteiger partial charge in [0.1, 0.15) is 5.82 Å². The Morgan fingerprint density at radius 1 is 1.17 bits per heavy atom. The third-order valence-electron chi connectivity index (χ3n) is 3.40. The van der Waals surface area contributed by atoms with E-state index < -0.39 is 5.41 Å². The van der Waals surface area contributed by atoms with Gasteiger partial charge in [-0.25, -0.2) is 4.39 Å². The number of rotatable bonds is 7. The van der Waals surface area contributed by atoms with Gasteiger partial charge in [0.25, 0.3) is 0 Å². The van der Waals surface area contributed by atoms with Crippen LogP contribution in [-0.2, 0) is 10.2 Å². The van der Waals surface area contributed by atoms with Gasteiger partial charge >= 0.3 is 0 Å². The van der Waals surface area contributed by atoms with Gasteiger partial charge < -0.3 is 4.74 Å². The lowest BCUT2D eigenvalue weighted by atomic mass is 9.85. The van der Waals surface area contributed by atoms with Gasteiger partial charge in [-0.3, -0.25) is 0 Å². The van der Waals surface area contributed by atoms with E-state index in [2.05, 4.69) is 0 Å². The highest BCUT2D eigenvalue weighted by atomic mass is 35.5. The Kier molecular flexibility index (Phi) is 4.88. The van der Waals surface area contributed by atoms with Gasteiger partial charge in [-0.2, -0.15) is 0 Å². The molecule has 1 aromatic rings. The largest absolute Gasteiger partial charge is 0.380 e. The van der Waals surface area contributed by atoms with Gasteiger partial charge in [-0.15, -0.1) is 23.2 Å². The molecule has 4 heteroatoms. The first kappa shape index (κ1) is 14.1. The van der Waals surface area contributed by atoms with E-state index in [1.807, 2.05) is 0 Å². The molecule has 0 heterocycles. The van der Waals surface area contributed by atoms with Crippen molar-refractivity contribution in [3.8, 4) is 0 Å². The smallest absolute Gasteiger partial charge is 0.123 e. The van der Waals surface area contributed by atoms with Crippen LogP contribution < -0.4 is 0 Å². The molecule has 18 heavy (non-hydrogen) atoms. The molecule has 0 bridgehead atoms. The normalized spacial score (nSPS) is 15.9. The van der Waals surface area contributed by atoms with Gasteiger partial charge in [-0.1, -0.05) is 12.1 Å². The number of hydrogen-bond donors (Lipinski definition) is 0. The standard InChI is InChI=1S/C14H17Cl2FO/c15-8-14(9-16,10-18-7-11-1-2-11)12-3-5-13(17)6-4-12/h3-6,11H,1-2,7-10H2. The maximum atomic E-state index is 13.0. The highest BCUT2D eigenvalue weighted by Gasteiger charge is 2.32. The van der Waals surface area contributed by atoms with Crippen molar-refractivity contribution < 1.29 is 9.13 Å². The molecule has 0 saturated heterocycles. The summed E-state index contributed by atoms with van der Waals surface area (Å²) in [6.07, 6.45) is 2.51. The number of halogens is 3. The van der Waals surface area contributed by atoms with Crippen LogP contribution in [0.3, 0.4) is 0 Å². The van der Waals surface area contributed by atoms with E-state index in [9.17, 15) is 4.39 Å². The predicted molar refractivity (Wildman–Crippen MR) is 73.1 cm³/mol. The fourth-order valence-corrected chi connectivity index (χ4v) is 2.61. The number of benzene rings is 1. The Labute approximate surface area is 117 Å². The van der Waals surface area contributed by atoms with Gasteiger partial charge in [0, 0.05) is 23.8 Å². The minimum absolute atomic E-state index is 0.254. The molecule has 0 unspecified atom stereocenters. The average Bonchev–Trinajstić information content (AvgIpc) is 3.20. The van der Waals surface area contributed by atoms with Gasteiger partial charge in [-0.05, 0) is 36.5 Å². The zero-order valence-corrected chi connectivity index (χ0v) is 11.7. The minimum atomic E-state index is -0.425. The Morgan fingerprint density at radius 3 is 2.28 bits per heavy atom. The van der Waals surface area contributed by atoms with Crippen LogP contribution in [0.4, 0.5) is 4.39 Å². The number of alkyl halides is 2. The second-order valence-electron chi connectivity index (χ2n) is 5.01. The Balaban J connectivity index is 2.05. The summed E-state index contributed by atoms with van der Waals surface area (Å²) >= 11 is 12.1. The topological polar surface area (TPSA) is 9.23 Å². The Morgan fingerprint density at radius 2 is 1.78 bits per heavy atom. The van der Waals surface area contributed by atoms with E-state index >= 15 is 0 Å². The highest BCUT2D eigenvalue weighted by Crippen LogP contribution is 2.32. The van der Waals surface area contributed by atoms with Crippen molar-refractivity contribution >= 4 is 23.2 Å². The molecule has 0 atom stereocenters. The van der Waals surface area contributed by atoms with Crippen LogP contribution in [0.25, 0.3) is 0 Å². The van der Waals surface area contributed by atoms with Crippen LogP contribution in [0.5, 0.6) is 0 Å². The molecule has 0 N–H and O–H groups in total. The number of ether oxygens (including phenoxy) is 1. The third kappa shape index (κ3) is 3.37. The van der Waals surface area contributed by atoms with Crippen molar-refractivity contribution in [3.63, 3.8) is 0 Å². The maximum Gasteiger partial charge on any atom is 0.123 e. The molecule has 0 amide bonds. The Bertz CT molecular complexity index is 372. The molecule has 2 rings (SSSR count). The predicted octanol–water partition coefficient (Wildman–Crippen LogP) is 3.97. The summed E-state index contributed by atoms with van der Waals surface area (Å²) in [6.45, 7) is 1.26. The lowest BCUT2D eigenvalue weighted by molar-refractivity contribution is 0.0889. The molecule has 0 spiro atoms. The molecule has 0 aliphatic heterocycles. The van der Waals surface area contributed by atoms with Crippen molar-refractivity contribution in [2.75, 3.05) is 25.0 Å². The molecule has 100 valence electrons. The summed E-state index contributed by atoms with van der Waals surface area (Å²) in [4.78, 5) is 0. The molecule has 1 fully saturated rings. The SMILES string of the molecule is Fc1ccc(C(CCl)(CCl)COCC2CC2)cc1. The first-order valence-corrected chi connectivity index (χ1v) is 7.23. The summed E-state index contributed by atoms with van der Waals surface area (Å²) in [5, 5.41) is 0. The molecule has 0 aromatic heterocycles. The number of hydrogen-bond acceptors (Lipinski definition) is 1. The zero-order valence-electron chi connectivity index (χ0n) is 10.2. The summed E-state index contributed by atoms with van der Waals surface area (Å²) < 4.78 is 18.7. The van der Waals surface area contributed by atoms with Gasteiger partial charge in [0.2, 0.25) is 0 Å². The van der Waals surface area contributed by atoms with E-state index in [-0.39, 0.29) is 5.82 Å². The third-order valence-corrected chi connectivity index (χ3v) is 4.42. The fraction of sp³-hybridized carbons (Fsp3) is 0.571. The van der Waals surface area contributed by atoms with E-state index in [0.717, 1.165) is 12.2 Å². The fourth-order valence-electron chi connectivity index (χ4n) is 1.86. The van der Waals surface area contributed by atoms with Crippen molar-refractivity contribution in [2.24, 2.45) is 5.92 Å². The van der Waals surface area contributed by atoms with E-state index in [0.29, 0.717) is 24.3 Å². The van der Waals surface area contributed by atoms with Crippen LogP contribution >= 0.6 is 23.2 Å². The first-order chi connectivity index (χ1) is 8.70. The summed E-state index contributed by atoms with van der Waals surface area (Å²) in [5.41, 5.74) is 0.510. The molecule has 1 aromatic carbocycles. The second kappa shape index (κ2) is 6.23. The molecular weight excluding hydrogens is 274 g/mol. The molecule has 1 nitrogen and oxygen atoms in total. The summed E-state index contributed by atoms with van der Waals surface area (Å²) in [7, 11) is 0. The van der Waals surface area contributed by atoms with Crippen LogP contribution in [0.15, 0.2) is 24.3 Å². The van der Waals surface area contributed by atoms with Crippen LogP contribution in [0.2, 0.25) is 0 Å². The van der Waals surface area contributed by atoms with E-state index in [1.54, 1.807) is 12.1 Å². The van der Waals surface area contributed by atoms with Crippen molar-refractivity contribution in [2.45, 2.75) is 18.3 Å². The van der Waals surface area contributed by atoms with Crippen molar-refractivity contribution in [1.82, 2.24) is 0 Å². The maximum absolute atomic E-state index is 13.0. The molecule has 1 aliphatic carbocycles. The van der Waals surface area contributed by atoms with Crippen molar-refractivity contribution in [3.05, 3.63) is 35.6 Å². The van der Waals surface area contributed by atoms with E-state index in [4.69, 9.17) is 27.9 Å². The highest BCUT2D eigenvalue weighted by molar-refractivity contribution is 6.22. The second-order valence-corrected chi connectivity index (χ2v) is 5.55. The van der Waals surface area contributed by atoms with Crippen LogP contribution in [0.1, 0.15) is 18.4 Å². The molecule has 1 saturated carbocycles. The summed E-state index contributed by atoms with van der Waals surface area (Å²) in [6, 6.07) is 6.34. The van der Waals surface area contributed by atoms with Crippen LogP contribution in [0, 0.1) is 11.7 Å². The van der Waals surface area contributed by atoms with Gasteiger partial charge in [0.15, 0.2) is 0 Å². The lowest BCUT2D eigenvalue weighted by Gasteiger charge is -2.30. The minimum Gasteiger partial charge on any atom is -0.380 e. The zero-order chi connectivity index (χ0) is 13.0. The molecule has 0 radical (unpaired) electrons. The molecular formula is C14H17Cl2FO. The summed E-state index contributed by atoms with van der Waals surface area (Å²) in [5.74, 6) is 1.19. The van der Waals surface area contributed by atoms with E-state index in [1.165, 1.54) is 25.0 Å².